The van der Waals surface area contributed by atoms with E-state index < -0.39 is 10.0 Å². The van der Waals surface area contributed by atoms with Gasteiger partial charge in [0.1, 0.15) is 0 Å². The molecule has 8 heteroatoms. The number of aliphatic imine (C=N–C) groups is 1. The third kappa shape index (κ3) is 7.51. The molecule has 136 valence electrons. The Kier molecular flexibility index (Phi) is 9.10. The van der Waals surface area contributed by atoms with E-state index in [1.54, 1.807) is 21.0 Å². The van der Waals surface area contributed by atoms with E-state index in [1.807, 2.05) is 24.3 Å². The molecule has 0 radical (unpaired) electrons. The van der Waals surface area contributed by atoms with E-state index in [0.717, 1.165) is 23.6 Å². The highest BCUT2D eigenvalue weighted by molar-refractivity contribution is 7.89. The predicted molar refractivity (Wildman–Crippen MR) is 101 cm³/mol. The fourth-order valence-corrected chi connectivity index (χ4v) is 3.17. The summed E-state index contributed by atoms with van der Waals surface area (Å²) >= 11 is 5.96. The molecule has 1 aromatic carbocycles. The molecule has 1 aromatic rings. The van der Waals surface area contributed by atoms with E-state index in [0.29, 0.717) is 25.5 Å². The Bertz CT molecular complexity index is 635. The number of sulfonamides is 1. The van der Waals surface area contributed by atoms with Gasteiger partial charge in [0.25, 0.3) is 0 Å². The van der Waals surface area contributed by atoms with E-state index in [-0.39, 0.29) is 5.75 Å². The highest BCUT2D eigenvalue weighted by Gasteiger charge is 2.13. The van der Waals surface area contributed by atoms with Gasteiger partial charge in [-0.3, -0.25) is 4.99 Å². The molecule has 0 aliphatic heterocycles. The summed E-state index contributed by atoms with van der Waals surface area (Å²) in [6.07, 6.45) is 1.56. The lowest BCUT2D eigenvalue weighted by Crippen LogP contribution is -2.39. The Hall–Kier alpha value is -1.31. The Labute approximate surface area is 150 Å². The van der Waals surface area contributed by atoms with Crippen LogP contribution < -0.4 is 10.6 Å². The number of hydrogen-bond acceptors (Lipinski definition) is 3. The zero-order valence-corrected chi connectivity index (χ0v) is 16.1. The SMILES string of the molecule is CCS(=O)(=O)N(C)CCCNC(=NC)NCCc1cccc(Cl)c1. The Balaban J connectivity index is 2.26. The maximum Gasteiger partial charge on any atom is 0.213 e. The van der Waals surface area contributed by atoms with E-state index in [4.69, 9.17) is 11.6 Å². The number of nitrogens with one attached hydrogen (secondary N) is 2. The van der Waals surface area contributed by atoms with Crippen molar-refractivity contribution in [1.29, 1.82) is 0 Å². The maximum atomic E-state index is 11.6. The quantitative estimate of drug-likeness (QED) is 0.392. The van der Waals surface area contributed by atoms with Crippen molar-refractivity contribution in [3.05, 3.63) is 34.9 Å². The first kappa shape index (κ1) is 20.7. The van der Waals surface area contributed by atoms with Crippen LogP contribution >= 0.6 is 11.6 Å². The molecule has 0 spiro atoms. The molecule has 0 saturated carbocycles. The van der Waals surface area contributed by atoms with Gasteiger partial charge in [-0.2, -0.15) is 0 Å². The Morgan fingerprint density at radius 1 is 1.29 bits per heavy atom. The number of nitrogens with zero attached hydrogens (tertiary/aromatic N) is 2. The number of benzene rings is 1. The summed E-state index contributed by atoms with van der Waals surface area (Å²) in [7, 11) is 0.215. The van der Waals surface area contributed by atoms with Crippen LogP contribution in [0.1, 0.15) is 18.9 Å². The smallest absolute Gasteiger partial charge is 0.213 e. The minimum absolute atomic E-state index is 0.129. The fourth-order valence-electron chi connectivity index (χ4n) is 2.11. The zero-order chi connectivity index (χ0) is 18.0. The summed E-state index contributed by atoms with van der Waals surface area (Å²) in [5.41, 5.74) is 1.16. The molecule has 0 aromatic heterocycles. The van der Waals surface area contributed by atoms with Crippen LogP contribution in [0.2, 0.25) is 5.02 Å². The highest BCUT2D eigenvalue weighted by atomic mass is 35.5. The number of halogens is 1. The van der Waals surface area contributed by atoms with Crippen molar-refractivity contribution >= 4 is 27.6 Å². The standard InChI is InChI=1S/C16H27ClN4O2S/c1-4-24(22,23)21(3)12-6-10-19-16(18-2)20-11-9-14-7-5-8-15(17)13-14/h5,7-8,13H,4,6,9-12H2,1-3H3,(H2,18,19,20). The Morgan fingerprint density at radius 3 is 2.62 bits per heavy atom. The van der Waals surface area contributed by atoms with Crippen molar-refractivity contribution in [2.75, 3.05) is 39.5 Å². The van der Waals surface area contributed by atoms with Gasteiger partial charge < -0.3 is 10.6 Å². The van der Waals surface area contributed by atoms with Crippen molar-refractivity contribution in [3.63, 3.8) is 0 Å². The largest absolute Gasteiger partial charge is 0.356 e. The van der Waals surface area contributed by atoms with Crippen LogP contribution in [0.5, 0.6) is 0 Å². The van der Waals surface area contributed by atoms with Crippen molar-refractivity contribution in [2.24, 2.45) is 4.99 Å². The second-order valence-corrected chi connectivity index (χ2v) is 8.18. The van der Waals surface area contributed by atoms with Crippen LogP contribution in [0.25, 0.3) is 0 Å². The lowest BCUT2D eigenvalue weighted by atomic mass is 10.1. The molecule has 6 nitrogen and oxygen atoms in total. The maximum absolute atomic E-state index is 11.6. The van der Waals surface area contributed by atoms with Gasteiger partial charge in [0.2, 0.25) is 10.0 Å². The highest BCUT2D eigenvalue weighted by Crippen LogP contribution is 2.10. The second kappa shape index (κ2) is 10.5. The van der Waals surface area contributed by atoms with Crippen LogP contribution in [0.3, 0.4) is 0 Å². The minimum atomic E-state index is -3.10. The first-order valence-electron chi connectivity index (χ1n) is 8.02. The van der Waals surface area contributed by atoms with Gasteiger partial charge in [-0.1, -0.05) is 23.7 Å². The molecule has 2 N–H and O–H groups in total. The zero-order valence-electron chi connectivity index (χ0n) is 14.5. The van der Waals surface area contributed by atoms with Gasteiger partial charge in [-0.05, 0) is 37.5 Å². The predicted octanol–water partition coefficient (Wildman–Crippen LogP) is 1.72. The molecular weight excluding hydrogens is 348 g/mol. The fraction of sp³-hybridized carbons (Fsp3) is 0.562. The van der Waals surface area contributed by atoms with Crippen LogP contribution in [-0.2, 0) is 16.4 Å². The molecule has 24 heavy (non-hydrogen) atoms. The third-order valence-electron chi connectivity index (χ3n) is 3.60. The van der Waals surface area contributed by atoms with Crippen molar-refractivity contribution < 1.29 is 8.42 Å². The number of guanidine groups is 1. The molecule has 0 aliphatic rings. The van der Waals surface area contributed by atoms with Gasteiger partial charge in [0, 0.05) is 38.8 Å². The second-order valence-electron chi connectivity index (χ2n) is 5.38. The average molecular weight is 375 g/mol. The first-order chi connectivity index (χ1) is 11.4. The van der Waals surface area contributed by atoms with Gasteiger partial charge in [-0.25, -0.2) is 12.7 Å². The molecule has 0 amide bonds. The van der Waals surface area contributed by atoms with Gasteiger partial charge >= 0.3 is 0 Å². The van der Waals surface area contributed by atoms with E-state index >= 15 is 0 Å². The van der Waals surface area contributed by atoms with Crippen LogP contribution in [0, 0.1) is 0 Å². The third-order valence-corrected chi connectivity index (χ3v) is 5.70. The lowest BCUT2D eigenvalue weighted by Gasteiger charge is -2.16. The van der Waals surface area contributed by atoms with E-state index in [9.17, 15) is 8.42 Å². The van der Waals surface area contributed by atoms with Crippen LogP contribution in [0.15, 0.2) is 29.3 Å². The summed E-state index contributed by atoms with van der Waals surface area (Å²) < 4.78 is 24.7. The molecular formula is C16H27ClN4O2S. The molecule has 0 atom stereocenters. The average Bonchev–Trinajstić information content (AvgIpc) is 2.56. The monoisotopic (exact) mass is 374 g/mol. The van der Waals surface area contributed by atoms with Gasteiger partial charge in [0.15, 0.2) is 5.96 Å². The normalized spacial score (nSPS) is 12.5. The molecule has 0 unspecified atom stereocenters. The molecule has 0 saturated heterocycles. The van der Waals surface area contributed by atoms with Gasteiger partial charge in [-0.15, -0.1) is 0 Å². The lowest BCUT2D eigenvalue weighted by molar-refractivity contribution is 0.461. The summed E-state index contributed by atoms with van der Waals surface area (Å²) in [5.74, 6) is 0.835. The summed E-state index contributed by atoms with van der Waals surface area (Å²) in [5, 5.41) is 7.15. The number of rotatable bonds is 9. The first-order valence-corrected chi connectivity index (χ1v) is 10.0. The summed E-state index contributed by atoms with van der Waals surface area (Å²) in [6.45, 7) is 3.53. The van der Waals surface area contributed by atoms with E-state index in [1.165, 1.54) is 4.31 Å². The van der Waals surface area contributed by atoms with Crippen molar-refractivity contribution in [1.82, 2.24) is 14.9 Å². The molecule has 0 bridgehead atoms. The molecule has 0 fully saturated rings. The minimum Gasteiger partial charge on any atom is -0.356 e. The summed E-state index contributed by atoms with van der Waals surface area (Å²) in [6, 6.07) is 7.78. The molecule has 0 aliphatic carbocycles. The summed E-state index contributed by atoms with van der Waals surface area (Å²) in [4.78, 5) is 4.15. The molecule has 1 rings (SSSR count). The Morgan fingerprint density at radius 2 is 2.00 bits per heavy atom. The molecule has 0 heterocycles. The van der Waals surface area contributed by atoms with E-state index in [2.05, 4.69) is 15.6 Å². The van der Waals surface area contributed by atoms with Crippen molar-refractivity contribution in [2.45, 2.75) is 19.8 Å². The van der Waals surface area contributed by atoms with Crippen molar-refractivity contribution in [3.8, 4) is 0 Å². The number of hydrogen-bond donors (Lipinski definition) is 2. The van der Waals surface area contributed by atoms with Gasteiger partial charge in [0.05, 0.1) is 5.75 Å². The van der Waals surface area contributed by atoms with Crippen LogP contribution in [-0.4, -0.2) is 58.2 Å². The van der Waals surface area contributed by atoms with Crippen LogP contribution in [0.4, 0.5) is 0 Å². The topological polar surface area (TPSA) is 73.8 Å².